The maximum absolute atomic E-state index is 11.7. The summed E-state index contributed by atoms with van der Waals surface area (Å²) in [6.45, 7) is 13.1. The predicted octanol–water partition coefficient (Wildman–Crippen LogP) is 15.7. The Bertz CT molecular complexity index is 3500. The summed E-state index contributed by atoms with van der Waals surface area (Å²) >= 11 is 0. The van der Waals surface area contributed by atoms with Crippen LogP contribution in [0.3, 0.4) is 0 Å². The van der Waals surface area contributed by atoms with Gasteiger partial charge in [-0.1, -0.05) is 132 Å². The first-order valence-corrected chi connectivity index (χ1v) is 22.0. The standard InChI is InChI=1S/C60H46N4/c1-36-27-38(3)59(39(4)28-36)43-23-25-48-46-17-10-12-21-53(46)63(55(48)31-43)57-33-45(52-20-14-19-51(62-52)42-15-8-7-9-16-42)34-58(50(57)35-61)64-54-22-13-11-18-47(54)49-26-24-44(32-56(49)64)60-40(5)29-37(2)30-41(60)6/h7-34H,1-6H3. The molecule has 306 valence electrons. The summed E-state index contributed by atoms with van der Waals surface area (Å²) in [4.78, 5) is 5.32. The Kier molecular flexibility index (Phi) is 9.19. The summed E-state index contributed by atoms with van der Waals surface area (Å²) in [5.74, 6) is 0. The molecule has 0 saturated heterocycles. The number of para-hydroxylation sites is 2. The van der Waals surface area contributed by atoms with Gasteiger partial charge in [-0.2, -0.15) is 5.26 Å². The molecule has 4 nitrogen and oxygen atoms in total. The zero-order chi connectivity index (χ0) is 43.8. The van der Waals surface area contributed by atoms with E-state index in [0.29, 0.717) is 5.56 Å². The van der Waals surface area contributed by atoms with E-state index in [1.807, 2.05) is 18.2 Å². The Morgan fingerprint density at radius 2 is 0.797 bits per heavy atom. The number of rotatable bonds is 6. The molecular formula is C60H46N4. The number of nitrogens with zero attached hydrogens (tertiary/aromatic N) is 4. The number of fused-ring (bicyclic) bond motifs is 6. The second-order valence-corrected chi connectivity index (χ2v) is 17.5. The van der Waals surface area contributed by atoms with E-state index in [2.05, 4.69) is 208 Å². The summed E-state index contributed by atoms with van der Waals surface area (Å²) in [6.07, 6.45) is 0. The van der Waals surface area contributed by atoms with Crippen molar-refractivity contribution in [3.05, 3.63) is 209 Å². The highest BCUT2D eigenvalue weighted by atomic mass is 15.0. The Hall–Kier alpha value is -8.00. The normalized spacial score (nSPS) is 11.6. The van der Waals surface area contributed by atoms with Gasteiger partial charge in [-0.25, -0.2) is 4.98 Å². The first kappa shape index (κ1) is 38.9. The van der Waals surface area contributed by atoms with Gasteiger partial charge in [-0.15, -0.1) is 0 Å². The van der Waals surface area contributed by atoms with Crippen LogP contribution in [-0.4, -0.2) is 14.1 Å². The molecule has 0 bridgehead atoms. The molecule has 64 heavy (non-hydrogen) atoms. The highest BCUT2D eigenvalue weighted by molar-refractivity contribution is 6.12. The van der Waals surface area contributed by atoms with Crippen molar-refractivity contribution < 1.29 is 0 Å². The molecule has 11 rings (SSSR count). The van der Waals surface area contributed by atoms with Gasteiger partial charge in [0.15, 0.2) is 0 Å². The van der Waals surface area contributed by atoms with Gasteiger partial charge < -0.3 is 9.13 Å². The van der Waals surface area contributed by atoms with Gasteiger partial charge in [0.25, 0.3) is 0 Å². The number of nitriles is 1. The second-order valence-electron chi connectivity index (χ2n) is 17.5. The Morgan fingerprint density at radius 3 is 1.27 bits per heavy atom. The molecular weight excluding hydrogens is 777 g/mol. The monoisotopic (exact) mass is 822 g/mol. The fourth-order valence-corrected chi connectivity index (χ4v) is 10.6. The van der Waals surface area contributed by atoms with E-state index in [1.165, 1.54) is 44.5 Å². The number of hydrogen-bond acceptors (Lipinski definition) is 2. The number of hydrogen-bond donors (Lipinski definition) is 0. The lowest BCUT2D eigenvalue weighted by molar-refractivity contribution is 1.12. The van der Waals surface area contributed by atoms with Gasteiger partial charge in [0.1, 0.15) is 11.6 Å². The molecule has 0 aliphatic carbocycles. The average molecular weight is 823 g/mol. The maximum atomic E-state index is 11.7. The smallest absolute Gasteiger partial charge is 0.104 e. The lowest BCUT2D eigenvalue weighted by Gasteiger charge is -2.19. The third kappa shape index (κ3) is 6.23. The molecule has 0 N–H and O–H groups in total. The zero-order valence-corrected chi connectivity index (χ0v) is 37.0. The first-order chi connectivity index (χ1) is 31.2. The van der Waals surface area contributed by atoms with Crippen LogP contribution in [0.1, 0.15) is 38.9 Å². The van der Waals surface area contributed by atoms with Crippen LogP contribution in [0.25, 0.3) is 99.8 Å². The number of aryl methyl sites for hydroxylation is 6. The molecule has 3 heterocycles. The second kappa shape index (κ2) is 15.1. The Labute approximate surface area is 374 Å². The quantitative estimate of drug-likeness (QED) is 0.168. The fourth-order valence-electron chi connectivity index (χ4n) is 10.6. The van der Waals surface area contributed by atoms with Crippen molar-refractivity contribution in [3.63, 3.8) is 0 Å². The average Bonchev–Trinajstić information content (AvgIpc) is 3.80. The lowest BCUT2D eigenvalue weighted by Crippen LogP contribution is -2.06. The summed E-state index contributed by atoms with van der Waals surface area (Å²) < 4.78 is 4.63. The molecule has 0 atom stereocenters. The van der Waals surface area contributed by atoms with Crippen LogP contribution in [0.4, 0.5) is 0 Å². The van der Waals surface area contributed by atoms with E-state index in [4.69, 9.17) is 4.98 Å². The molecule has 0 fully saturated rings. The molecule has 0 radical (unpaired) electrons. The molecule has 0 aliphatic heterocycles. The largest absolute Gasteiger partial charge is 0.308 e. The van der Waals surface area contributed by atoms with Crippen LogP contribution in [-0.2, 0) is 0 Å². The van der Waals surface area contributed by atoms with Gasteiger partial charge in [-0.3, -0.25) is 0 Å². The van der Waals surface area contributed by atoms with Crippen molar-refractivity contribution in [2.45, 2.75) is 41.5 Å². The third-order valence-corrected chi connectivity index (χ3v) is 13.1. The van der Waals surface area contributed by atoms with Crippen molar-refractivity contribution in [1.29, 1.82) is 5.26 Å². The van der Waals surface area contributed by atoms with Crippen LogP contribution in [0.2, 0.25) is 0 Å². The minimum Gasteiger partial charge on any atom is -0.308 e. The zero-order valence-electron chi connectivity index (χ0n) is 37.0. The first-order valence-electron chi connectivity index (χ1n) is 22.0. The van der Waals surface area contributed by atoms with E-state index in [1.54, 1.807) is 0 Å². The molecule has 0 amide bonds. The molecule has 0 saturated carbocycles. The Morgan fingerprint density at radius 1 is 0.375 bits per heavy atom. The maximum Gasteiger partial charge on any atom is 0.104 e. The highest BCUT2D eigenvalue weighted by Gasteiger charge is 2.24. The number of pyridine rings is 1. The van der Waals surface area contributed by atoms with Gasteiger partial charge in [0.2, 0.25) is 0 Å². The van der Waals surface area contributed by atoms with Crippen LogP contribution in [0.15, 0.2) is 170 Å². The molecule has 11 aromatic rings. The van der Waals surface area contributed by atoms with Gasteiger partial charge in [-0.05, 0) is 135 Å². The van der Waals surface area contributed by atoms with Gasteiger partial charge >= 0.3 is 0 Å². The molecule has 0 unspecified atom stereocenters. The molecule has 3 aromatic heterocycles. The van der Waals surface area contributed by atoms with Crippen molar-refractivity contribution in [2.75, 3.05) is 0 Å². The minimum atomic E-state index is 0.578. The molecule has 0 aliphatic rings. The third-order valence-electron chi connectivity index (χ3n) is 13.1. The number of aromatic nitrogens is 3. The van der Waals surface area contributed by atoms with E-state index in [0.717, 1.165) is 88.6 Å². The molecule has 0 spiro atoms. The highest BCUT2D eigenvalue weighted by Crippen LogP contribution is 2.43. The van der Waals surface area contributed by atoms with E-state index >= 15 is 0 Å². The summed E-state index contributed by atoms with van der Waals surface area (Å²) in [6, 6.07) is 63.6. The SMILES string of the molecule is Cc1cc(C)c(-c2ccc3c4ccccc4n(-c4cc(-c5cccc(-c6ccccc6)n5)cc(-n5c6ccccc6c6ccc(-c7c(C)cc(C)cc7C)cc65)c4C#N)c3c2)c(C)c1. The van der Waals surface area contributed by atoms with Crippen LogP contribution in [0, 0.1) is 52.9 Å². The summed E-state index contributed by atoms with van der Waals surface area (Å²) in [5, 5.41) is 16.2. The van der Waals surface area contributed by atoms with Crippen molar-refractivity contribution in [1.82, 2.24) is 14.1 Å². The van der Waals surface area contributed by atoms with Crippen molar-refractivity contribution in [3.8, 4) is 62.2 Å². The fraction of sp³-hybridized carbons (Fsp3) is 0.100. The lowest BCUT2D eigenvalue weighted by atomic mass is 9.93. The van der Waals surface area contributed by atoms with E-state index in [-0.39, 0.29) is 0 Å². The van der Waals surface area contributed by atoms with Crippen LogP contribution >= 0.6 is 0 Å². The Balaban J connectivity index is 1.27. The summed E-state index contributed by atoms with van der Waals surface area (Å²) in [7, 11) is 0. The summed E-state index contributed by atoms with van der Waals surface area (Å²) in [5.41, 5.74) is 22.3. The van der Waals surface area contributed by atoms with Gasteiger partial charge in [0.05, 0.1) is 44.8 Å². The van der Waals surface area contributed by atoms with Crippen molar-refractivity contribution in [2.24, 2.45) is 0 Å². The minimum absolute atomic E-state index is 0.578. The predicted molar refractivity (Wildman–Crippen MR) is 268 cm³/mol. The van der Waals surface area contributed by atoms with E-state index in [9.17, 15) is 5.26 Å². The molecule has 8 aromatic carbocycles. The van der Waals surface area contributed by atoms with Crippen molar-refractivity contribution >= 4 is 43.6 Å². The van der Waals surface area contributed by atoms with Gasteiger partial charge in [0, 0.05) is 32.7 Å². The van der Waals surface area contributed by atoms with Crippen LogP contribution < -0.4 is 0 Å². The van der Waals surface area contributed by atoms with E-state index < -0.39 is 0 Å². The number of benzene rings is 8. The van der Waals surface area contributed by atoms with Crippen LogP contribution in [0.5, 0.6) is 0 Å². The topological polar surface area (TPSA) is 46.5 Å². The molecule has 4 heteroatoms.